The average Bonchev–Trinajstić information content (AvgIpc) is 2.42. The van der Waals surface area contributed by atoms with Crippen LogP contribution in [0.5, 0.6) is 0 Å². The second kappa shape index (κ2) is 3.66. The molecule has 0 heterocycles. The van der Waals surface area contributed by atoms with Crippen molar-refractivity contribution in [3.8, 4) is 0 Å². The Hall–Kier alpha value is -1.69. The molecule has 100 valence electrons. The normalized spacial score (nSPS) is 27.8. The van der Waals surface area contributed by atoms with Crippen molar-refractivity contribution >= 4 is 5.78 Å². The number of hydrogen-bond donors (Lipinski definition) is 0. The maximum absolute atomic E-state index is 13.9. The van der Waals surface area contributed by atoms with Crippen LogP contribution in [0.3, 0.4) is 0 Å². The molecule has 0 spiro atoms. The Morgan fingerprint density at radius 1 is 1.16 bits per heavy atom. The first kappa shape index (κ1) is 12.3. The lowest BCUT2D eigenvalue weighted by molar-refractivity contribution is -0.139. The second-order valence-corrected chi connectivity index (χ2v) is 4.58. The summed E-state index contributed by atoms with van der Waals surface area (Å²) in [6.07, 6.45) is 2.59. The highest BCUT2D eigenvalue weighted by Gasteiger charge is 2.52. The van der Waals surface area contributed by atoms with E-state index in [0.717, 1.165) is 7.11 Å². The zero-order valence-electron chi connectivity index (χ0n) is 9.77. The van der Waals surface area contributed by atoms with Gasteiger partial charge < -0.3 is 4.74 Å². The highest BCUT2D eigenvalue weighted by atomic mass is 19.2. The molecule has 0 N–H and O–H groups in total. The fourth-order valence-corrected chi connectivity index (χ4v) is 2.83. The van der Waals surface area contributed by atoms with E-state index in [9.17, 15) is 22.4 Å². The minimum atomic E-state index is -1.93. The summed E-state index contributed by atoms with van der Waals surface area (Å²) in [6, 6.07) is 0. The van der Waals surface area contributed by atoms with E-state index in [4.69, 9.17) is 4.74 Å². The van der Waals surface area contributed by atoms with Crippen molar-refractivity contribution < 1.29 is 27.1 Å². The van der Waals surface area contributed by atoms with E-state index in [1.54, 1.807) is 0 Å². The molecule has 0 saturated carbocycles. The van der Waals surface area contributed by atoms with Gasteiger partial charge in [0.1, 0.15) is 0 Å². The Kier molecular flexibility index (Phi) is 2.38. The minimum Gasteiger partial charge on any atom is -0.361 e. The van der Waals surface area contributed by atoms with Crippen LogP contribution in [0, 0.1) is 23.3 Å². The Balaban J connectivity index is 2.45. The third kappa shape index (κ3) is 1.27. The lowest BCUT2D eigenvalue weighted by Gasteiger charge is -2.41. The number of ether oxygens (including phenoxy) is 1. The third-order valence-corrected chi connectivity index (χ3v) is 3.75. The van der Waals surface area contributed by atoms with Crippen molar-refractivity contribution in [1.82, 2.24) is 0 Å². The van der Waals surface area contributed by atoms with Crippen LogP contribution in [-0.2, 0) is 15.1 Å². The predicted octanol–water partition coefficient (Wildman–Crippen LogP) is 2.71. The van der Waals surface area contributed by atoms with Gasteiger partial charge in [-0.05, 0) is 6.08 Å². The van der Waals surface area contributed by atoms with Gasteiger partial charge in [-0.25, -0.2) is 17.6 Å². The maximum atomic E-state index is 13.9. The van der Waals surface area contributed by atoms with Crippen molar-refractivity contribution in [2.45, 2.75) is 17.9 Å². The predicted molar refractivity (Wildman–Crippen MR) is 56.5 cm³/mol. The van der Waals surface area contributed by atoms with Gasteiger partial charge in [-0.2, -0.15) is 0 Å². The molecule has 1 aromatic rings. The van der Waals surface area contributed by atoms with Gasteiger partial charge in [0.25, 0.3) is 0 Å². The Bertz CT molecular complexity index is 638. The summed E-state index contributed by atoms with van der Waals surface area (Å²) < 4.78 is 59.4. The van der Waals surface area contributed by atoms with Gasteiger partial charge in [0, 0.05) is 30.6 Å². The summed E-state index contributed by atoms with van der Waals surface area (Å²) in [5, 5.41) is 0. The zero-order chi connectivity index (χ0) is 13.9. The maximum Gasteiger partial charge on any atom is 0.197 e. The molecule has 4 rings (SSSR count). The zero-order valence-corrected chi connectivity index (χ0v) is 9.77. The van der Waals surface area contributed by atoms with Crippen molar-refractivity contribution in [3.05, 3.63) is 46.5 Å². The van der Waals surface area contributed by atoms with Crippen LogP contribution < -0.4 is 0 Å². The van der Waals surface area contributed by atoms with Gasteiger partial charge in [0.15, 0.2) is 34.7 Å². The van der Waals surface area contributed by atoms with Crippen LogP contribution in [0.2, 0.25) is 0 Å². The van der Waals surface area contributed by atoms with Crippen molar-refractivity contribution in [1.29, 1.82) is 0 Å². The number of carbonyl (C=O) groups is 1. The third-order valence-electron chi connectivity index (χ3n) is 3.75. The van der Waals surface area contributed by atoms with Crippen LogP contribution in [0.1, 0.15) is 23.5 Å². The molecule has 6 heteroatoms. The Morgan fingerprint density at radius 2 is 1.79 bits per heavy atom. The van der Waals surface area contributed by atoms with Gasteiger partial charge in [0.2, 0.25) is 0 Å². The van der Waals surface area contributed by atoms with Gasteiger partial charge in [-0.1, -0.05) is 6.08 Å². The number of rotatable bonds is 1. The lowest BCUT2D eigenvalue weighted by atomic mass is 9.67. The molecule has 3 aliphatic carbocycles. The van der Waals surface area contributed by atoms with E-state index in [1.807, 2.05) is 0 Å². The van der Waals surface area contributed by atoms with Crippen LogP contribution in [0.15, 0.2) is 12.2 Å². The fraction of sp³-hybridized carbons (Fsp3) is 0.308. The Morgan fingerprint density at radius 3 is 2.37 bits per heavy atom. The first-order valence-electron chi connectivity index (χ1n) is 5.58. The molecule has 19 heavy (non-hydrogen) atoms. The molecule has 2 atom stereocenters. The molecule has 0 radical (unpaired) electrons. The van der Waals surface area contributed by atoms with Crippen LogP contribution in [0.4, 0.5) is 17.6 Å². The molecule has 3 aliphatic rings. The molecule has 0 aliphatic heterocycles. The van der Waals surface area contributed by atoms with E-state index in [2.05, 4.69) is 0 Å². The van der Waals surface area contributed by atoms with Gasteiger partial charge >= 0.3 is 0 Å². The lowest BCUT2D eigenvalue weighted by Crippen LogP contribution is -2.46. The Labute approximate surface area is 105 Å². The topological polar surface area (TPSA) is 26.3 Å². The summed E-state index contributed by atoms with van der Waals surface area (Å²) in [6.45, 7) is 0. The minimum absolute atomic E-state index is 0.126. The summed E-state index contributed by atoms with van der Waals surface area (Å²) in [4.78, 5) is 11.9. The van der Waals surface area contributed by atoms with Gasteiger partial charge in [-0.15, -0.1) is 0 Å². The molecule has 0 fully saturated rings. The van der Waals surface area contributed by atoms with Crippen molar-refractivity contribution in [2.75, 3.05) is 7.11 Å². The highest BCUT2D eigenvalue weighted by Crippen LogP contribution is 2.50. The van der Waals surface area contributed by atoms with E-state index >= 15 is 0 Å². The molecule has 0 saturated heterocycles. The SMILES string of the molecule is CO[C@]12C=C[C@H](CC1=O)c1c(F)c(F)c(F)c(F)c12. The number of Topliss-reactive ketones (excluding diaryl/α,β-unsaturated/α-hetero) is 1. The summed E-state index contributed by atoms with van der Waals surface area (Å²) in [5.74, 6) is -8.11. The summed E-state index contributed by atoms with van der Waals surface area (Å²) in [5.41, 5.74) is -2.74. The van der Waals surface area contributed by atoms with E-state index in [0.29, 0.717) is 0 Å². The number of benzene rings is 1. The number of fused-ring (bicyclic) bond motifs is 1. The first-order valence-corrected chi connectivity index (χ1v) is 5.58. The number of ketones is 1. The number of hydrogen-bond acceptors (Lipinski definition) is 2. The van der Waals surface area contributed by atoms with E-state index in [-0.39, 0.29) is 12.0 Å². The highest BCUT2D eigenvalue weighted by molar-refractivity contribution is 5.95. The fourth-order valence-electron chi connectivity index (χ4n) is 2.83. The molecule has 0 unspecified atom stereocenters. The average molecular weight is 272 g/mol. The second-order valence-electron chi connectivity index (χ2n) is 4.58. The first-order chi connectivity index (χ1) is 8.94. The molecule has 2 nitrogen and oxygen atoms in total. The van der Waals surface area contributed by atoms with Crippen LogP contribution in [-0.4, -0.2) is 12.9 Å². The van der Waals surface area contributed by atoms with Crippen molar-refractivity contribution in [3.63, 3.8) is 0 Å². The number of carbonyl (C=O) groups excluding carboxylic acids is 1. The number of allylic oxidation sites excluding steroid dienone is 1. The monoisotopic (exact) mass is 272 g/mol. The van der Waals surface area contributed by atoms with E-state index in [1.165, 1.54) is 12.2 Å². The number of methoxy groups -OCH3 is 1. The van der Waals surface area contributed by atoms with Crippen molar-refractivity contribution in [2.24, 2.45) is 0 Å². The molecule has 1 aromatic carbocycles. The molecular weight excluding hydrogens is 264 g/mol. The quantitative estimate of drug-likeness (QED) is 0.340. The van der Waals surface area contributed by atoms with E-state index < -0.39 is 46.1 Å². The van der Waals surface area contributed by atoms with Gasteiger partial charge in [-0.3, -0.25) is 4.79 Å². The van der Waals surface area contributed by atoms with Crippen LogP contribution >= 0.6 is 0 Å². The number of halogens is 4. The van der Waals surface area contributed by atoms with Crippen LogP contribution in [0.25, 0.3) is 0 Å². The molecular formula is C13H8F4O2. The van der Waals surface area contributed by atoms with Gasteiger partial charge in [0.05, 0.1) is 0 Å². The standard InChI is InChI=1S/C13H8F4O2/c1-19-13-3-2-5(4-6(13)18)7-8(13)10(15)12(17)11(16)9(7)14/h2-3,5H,4H2,1H3/t5-,13-/m1/s1. The largest absolute Gasteiger partial charge is 0.361 e. The molecule has 0 amide bonds. The summed E-state index contributed by atoms with van der Waals surface area (Å²) in [7, 11) is 1.14. The smallest absolute Gasteiger partial charge is 0.197 e. The molecule has 0 aromatic heterocycles. The summed E-state index contributed by atoms with van der Waals surface area (Å²) >= 11 is 0. The molecule has 2 bridgehead atoms.